The van der Waals surface area contributed by atoms with Gasteiger partial charge in [0.2, 0.25) is 5.17 Å². The topological polar surface area (TPSA) is 86.7 Å². The highest BCUT2D eigenvalue weighted by Gasteiger charge is 2.36. The van der Waals surface area contributed by atoms with Crippen LogP contribution >= 0.6 is 11.8 Å². The van der Waals surface area contributed by atoms with Crippen molar-refractivity contribution < 1.29 is 4.79 Å². The number of nitrogens with one attached hydrogen (secondary N) is 1. The van der Waals surface area contributed by atoms with Crippen LogP contribution in [0, 0.1) is 19.3 Å². The number of fused-ring (bicyclic) bond motifs is 1. The molecular weight excluding hydrogens is 420 g/mol. The Bertz CT molecular complexity index is 1320. The van der Waals surface area contributed by atoms with Gasteiger partial charge in [0.25, 0.3) is 5.91 Å². The van der Waals surface area contributed by atoms with Gasteiger partial charge in [-0.05, 0) is 61.0 Å². The van der Waals surface area contributed by atoms with E-state index in [4.69, 9.17) is 5.41 Å². The first kappa shape index (κ1) is 20.1. The second-order valence-corrected chi connectivity index (χ2v) is 8.52. The maximum Gasteiger partial charge on any atom is 0.283 e. The van der Waals surface area contributed by atoms with Gasteiger partial charge in [0.1, 0.15) is 5.04 Å². The molecule has 158 valence electrons. The van der Waals surface area contributed by atoms with Crippen LogP contribution in [0.25, 0.3) is 6.08 Å². The number of aryl methyl sites for hydroxylation is 1. The second kappa shape index (κ2) is 8.05. The quantitative estimate of drug-likeness (QED) is 0.616. The van der Waals surface area contributed by atoms with E-state index in [2.05, 4.69) is 31.8 Å². The lowest BCUT2D eigenvalue weighted by Gasteiger charge is -2.20. The summed E-state index contributed by atoms with van der Waals surface area (Å²) in [4.78, 5) is 21.1. The molecule has 2 aliphatic heterocycles. The van der Waals surface area contributed by atoms with Crippen LogP contribution in [-0.2, 0) is 11.3 Å². The molecule has 0 saturated carbocycles. The summed E-state index contributed by atoms with van der Waals surface area (Å²) in [6.07, 6.45) is 5.14. The number of hydrogen-bond donors (Lipinski definition) is 1. The van der Waals surface area contributed by atoms with Crippen molar-refractivity contribution in [1.82, 2.24) is 14.6 Å². The molecule has 8 heteroatoms. The summed E-state index contributed by atoms with van der Waals surface area (Å²) in [7, 11) is 0. The van der Waals surface area contributed by atoms with E-state index in [1.165, 1.54) is 22.3 Å². The number of hydrogen-bond acceptors (Lipinski definition) is 5. The lowest BCUT2D eigenvalue weighted by Crippen LogP contribution is -2.35. The van der Waals surface area contributed by atoms with Crippen molar-refractivity contribution in [2.45, 2.75) is 20.4 Å². The van der Waals surface area contributed by atoms with Gasteiger partial charge >= 0.3 is 0 Å². The molecule has 0 saturated heterocycles. The summed E-state index contributed by atoms with van der Waals surface area (Å²) in [6.45, 7) is 4.82. The molecule has 0 spiro atoms. The Balaban J connectivity index is 1.47. The van der Waals surface area contributed by atoms with E-state index in [0.717, 1.165) is 29.1 Å². The SMILES string of the molecule is Cc1cc(C=C2C(=N)N3N=C(c4cccnc4)SC3=NC2=O)c(C)n1Cc1ccccc1. The van der Waals surface area contributed by atoms with Gasteiger partial charge in [-0.1, -0.05) is 30.3 Å². The lowest BCUT2D eigenvalue weighted by molar-refractivity contribution is -0.114. The number of carbonyl (C=O) groups excluding carboxylic acids is 1. The standard InChI is InChI=1S/C24H20N6OS/c1-15-11-19(16(2)29(15)14-17-7-4-3-5-8-17)12-20-21(25)30-24(27-22(20)31)32-23(28-30)18-9-6-10-26-13-18/h3-13,25H,14H2,1-2H3. The van der Waals surface area contributed by atoms with Crippen molar-refractivity contribution in [2.24, 2.45) is 10.1 Å². The van der Waals surface area contributed by atoms with Crippen molar-refractivity contribution in [3.05, 3.63) is 94.6 Å². The Hall–Kier alpha value is -3.78. The minimum absolute atomic E-state index is 0.0271. The molecule has 1 amide bonds. The maximum absolute atomic E-state index is 12.8. The zero-order valence-electron chi connectivity index (χ0n) is 17.6. The average molecular weight is 441 g/mol. The number of hydrazone groups is 1. The normalized spacial score (nSPS) is 16.9. The largest absolute Gasteiger partial charge is 0.344 e. The van der Waals surface area contributed by atoms with Crippen LogP contribution in [0.2, 0.25) is 0 Å². The van der Waals surface area contributed by atoms with Crippen LogP contribution < -0.4 is 0 Å². The van der Waals surface area contributed by atoms with Gasteiger partial charge in [0.15, 0.2) is 5.84 Å². The molecule has 1 aromatic carbocycles. The summed E-state index contributed by atoms with van der Waals surface area (Å²) in [5.74, 6) is -0.400. The first-order chi connectivity index (χ1) is 15.5. The summed E-state index contributed by atoms with van der Waals surface area (Å²) in [6, 6.07) is 16.0. The zero-order valence-corrected chi connectivity index (χ0v) is 18.4. The van der Waals surface area contributed by atoms with Crippen molar-refractivity contribution in [1.29, 1.82) is 5.41 Å². The molecule has 5 rings (SSSR count). The van der Waals surface area contributed by atoms with Gasteiger partial charge in [-0.2, -0.15) is 15.1 Å². The van der Waals surface area contributed by atoms with Gasteiger partial charge in [-0.15, -0.1) is 0 Å². The van der Waals surface area contributed by atoms with Gasteiger partial charge in [0, 0.05) is 35.9 Å². The second-order valence-electron chi connectivity index (χ2n) is 7.57. The van der Waals surface area contributed by atoms with Crippen LogP contribution in [0.5, 0.6) is 0 Å². The molecule has 4 heterocycles. The predicted molar refractivity (Wildman–Crippen MR) is 128 cm³/mol. The van der Waals surface area contributed by atoms with E-state index in [1.807, 2.05) is 50.2 Å². The molecule has 3 aromatic rings. The van der Waals surface area contributed by atoms with Crippen LogP contribution in [0.4, 0.5) is 0 Å². The van der Waals surface area contributed by atoms with Crippen LogP contribution in [0.1, 0.15) is 28.1 Å². The molecular formula is C24H20N6OS. The lowest BCUT2D eigenvalue weighted by atomic mass is 10.1. The summed E-state index contributed by atoms with van der Waals surface area (Å²) in [5, 5.41) is 15.6. The smallest absolute Gasteiger partial charge is 0.283 e. The van der Waals surface area contributed by atoms with Crippen molar-refractivity contribution >= 4 is 39.8 Å². The maximum atomic E-state index is 12.8. The molecule has 32 heavy (non-hydrogen) atoms. The average Bonchev–Trinajstić information content (AvgIpc) is 3.34. The number of amidine groups is 2. The zero-order chi connectivity index (χ0) is 22.2. The Morgan fingerprint density at radius 3 is 2.69 bits per heavy atom. The molecule has 2 aliphatic rings. The Morgan fingerprint density at radius 1 is 1.12 bits per heavy atom. The number of amides is 1. The molecule has 0 radical (unpaired) electrons. The Morgan fingerprint density at radius 2 is 1.94 bits per heavy atom. The number of rotatable bonds is 4. The van der Waals surface area contributed by atoms with E-state index < -0.39 is 5.91 Å². The van der Waals surface area contributed by atoms with Crippen molar-refractivity contribution in [3.63, 3.8) is 0 Å². The van der Waals surface area contributed by atoms with E-state index in [0.29, 0.717) is 10.2 Å². The highest BCUT2D eigenvalue weighted by Crippen LogP contribution is 2.31. The third-order valence-corrected chi connectivity index (χ3v) is 6.42. The van der Waals surface area contributed by atoms with E-state index in [9.17, 15) is 4.79 Å². The van der Waals surface area contributed by atoms with Crippen LogP contribution in [-0.4, -0.2) is 36.5 Å². The molecule has 0 atom stereocenters. The van der Waals surface area contributed by atoms with Gasteiger partial charge in [-0.25, -0.2) is 0 Å². The predicted octanol–water partition coefficient (Wildman–Crippen LogP) is 4.22. The van der Waals surface area contributed by atoms with Gasteiger partial charge < -0.3 is 4.57 Å². The highest BCUT2D eigenvalue weighted by molar-refractivity contribution is 8.27. The molecule has 0 bridgehead atoms. The third-order valence-electron chi connectivity index (χ3n) is 5.46. The number of benzene rings is 1. The minimum atomic E-state index is -0.427. The third kappa shape index (κ3) is 3.58. The van der Waals surface area contributed by atoms with E-state index in [1.54, 1.807) is 18.5 Å². The first-order valence-corrected chi connectivity index (χ1v) is 10.9. The number of thioether (sulfide) groups is 1. The van der Waals surface area contributed by atoms with Crippen molar-refractivity contribution in [3.8, 4) is 0 Å². The Labute approximate surface area is 189 Å². The molecule has 0 unspecified atom stereocenters. The van der Waals surface area contributed by atoms with Crippen LogP contribution in [0.15, 0.2) is 76.6 Å². The molecule has 7 nitrogen and oxygen atoms in total. The van der Waals surface area contributed by atoms with Crippen LogP contribution in [0.3, 0.4) is 0 Å². The summed E-state index contributed by atoms with van der Waals surface area (Å²) >= 11 is 1.27. The first-order valence-electron chi connectivity index (χ1n) is 10.1. The minimum Gasteiger partial charge on any atom is -0.344 e. The molecule has 2 aromatic heterocycles. The molecule has 0 aliphatic carbocycles. The number of pyridine rings is 1. The van der Waals surface area contributed by atoms with E-state index >= 15 is 0 Å². The van der Waals surface area contributed by atoms with Gasteiger partial charge in [-0.3, -0.25) is 15.2 Å². The highest BCUT2D eigenvalue weighted by atomic mass is 32.2. The number of aromatic nitrogens is 2. The van der Waals surface area contributed by atoms with Crippen molar-refractivity contribution in [2.75, 3.05) is 0 Å². The number of aliphatic imine (C=N–C) groups is 1. The fourth-order valence-corrected chi connectivity index (χ4v) is 4.62. The molecule has 0 fully saturated rings. The fraction of sp³-hybridized carbons (Fsp3) is 0.125. The van der Waals surface area contributed by atoms with E-state index in [-0.39, 0.29) is 11.4 Å². The number of carbonyl (C=O) groups is 1. The Kier molecular flexibility index (Phi) is 5.07. The fourth-order valence-electron chi connectivity index (χ4n) is 3.74. The summed E-state index contributed by atoms with van der Waals surface area (Å²) in [5.41, 5.74) is 5.27. The monoisotopic (exact) mass is 440 g/mol. The van der Waals surface area contributed by atoms with Gasteiger partial charge in [0.05, 0.1) is 5.57 Å². The molecule has 1 N–H and O–H groups in total. The summed E-state index contributed by atoms with van der Waals surface area (Å²) < 4.78 is 2.21. The number of nitrogens with zero attached hydrogens (tertiary/aromatic N) is 5.